The van der Waals surface area contributed by atoms with E-state index >= 15 is 0 Å². The van der Waals surface area contributed by atoms with Gasteiger partial charge in [-0.3, -0.25) is 9.36 Å². The number of benzene rings is 2. The molecule has 6 nitrogen and oxygen atoms in total. The van der Waals surface area contributed by atoms with Crippen molar-refractivity contribution in [2.24, 2.45) is 0 Å². The Morgan fingerprint density at radius 2 is 1.76 bits per heavy atom. The van der Waals surface area contributed by atoms with Crippen molar-refractivity contribution in [3.05, 3.63) is 76.5 Å². The van der Waals surface area contributed by atoms with Crippen LogP contribution in [0.4, 0.5) is 5.82 Å². The molecule has 190 valence electrons. The average Bonchev–Trinajstić information content (AvgIpc) is 3.29. The first-order valence-corrected chi connectivity index (χ1v) is 13.9. The maximum atomic E-state index is 14.1. The second-order valence-electron chi connectivity index (χ2n) is 9.54. The monoisotopic (exact) mass is 519 g/mol. The third kappa shape index (κ3) is 4.34. The number of para-hydroxylation sites is 1. The van der Waals surface area contributed by atoms with Crippen molar-refractivity contribution in [3.63, 3.8) is 0 Å². The minimum absolute atomic E-state index is 0.0145. The molecule has 0 spiro atoms. The number of anilines is 1. The number of aromatic nitrogens is 2. The Hall–Kier alpha value is -4.07. The summed E-state index contributed by atoms with van der Waals surface area (Å²) in [5.41, 5.74) is 12.4. The molecule has 1 aliphatic carbocycles. The van der Waals surface area contributed by atoms with E-state index in [9.17, 15) is 15.3 Å². The van der Waals surface area contributed by atoms with Crippen LogP contribution in [0.3, 0.4) is 0 Å². The van der Waals surface area contributed by atoms with E-state index in [-0.39, 0.29) is 22.9 Å². The number of carbonyl (C=O) groups is 1. The van der Waals surface area contributed by atoms with Gasteiger partial charge in [0.05, 0.1) is 16.3 Å². The number of pyridine rings is 1. The van der Waals surface area contributed by atoms with Crippen LogP contribution in [0.5, 0.6) is 0 Å². The van der Waals surface area contributed by atoms with Gasteiger partial charge in [-0.15, -0.1) is 0 Å². The molecule has 0 bridgehead atoms. The highest BCUT2D eigenvalue weighted by molar-refractivity contribution is 8.00. The molecule has 2 N–H and O–H groups in total. The number of nitrogens with zero attached hydrogens (tertiary/aromatic N) is 4. The van der Waals surface area contributed by atoms with E-state index in [0.717, 1.165) is 59.8 Å². The molecule has 0 radical (unpaired) electrons. The molecule has 2 heterocycles. The lowest BCUT2D eigenvalue weighted by atomic mass is 9.95. The van der Waals surface area contributed by atoms with Crippen molar-refractivity contribution < 1.29 is 4.79 Å². The van der Waals surface area contributed by atoms with Crippen molar-refractivity contribution in [1.29, 1.82) is 10.5 Å². The largest absolute Gasteiger partial charge is 0.383 e. The van der Waals surface area contributed by atoms with Crippen molar-refractivity contribution in [1.82, 2.24) is 9.55 Å². The Morgan fingerprint density at radius 3 is 2.45 bits per heavy atom. The van der Waals surface area contributed by atoms with Crippen LogP contribution in [-0.4, -0.2) is 20.7 Å². The lowest BCUT2D eigenvalue weighted by molar-refractivity contribution is 0.0910. The molecule has 0 fully saturated rings. The summed E-state index contributed by atoms with van der Waals surface area (Å²) in [4.78, 5) is 18.6. The van der Waals surface area contributed by atoms with Crippen LogP contribution >= 0.6 is 11.8 Å². The third-order valence-electron chi connectivity index (χ3n) is 7.37. The molecule has 2 aromatic carbocycles. The van der Waals surface area contributed by atoms with E-state index < -0.39 is 5.25 Å². The minimum Gasteiger partial charge on any atom is -0.383 e. The third-order valence-corrected chi connectivity index (χ3v) is 8.70. The van der Waals surface area contributed by atoms with Crippen molar-refractivity contribution in [2.75, 3.05) is 5.73 Å². The molecule has 0 amide bonds. The fraction of sp³-hybridized carbons (Fsp3) is 0.290. The molecule has 0 saturated carbocycles. The van der Waals surface area contributed by atoms with Crippen LogP contribution in [0.15, 0.2) is 53.6 Å². The smallest absolute Gasteiger partial charge is 0.244 e. The number of carbonyl (C=O) groups excluding carboxylic acids is 1. The molecule has 0 aliphatic heterocycles. The molecule has 4 aromatic rings. The molecule has 1 unspecified atom stereocenters. The normalized spacial score (nSPS) is 13.5. The summed E-state index contributed by atoms with van der Waals surface area (Å²) in [7, 11) is 0. The highest BCUT2D eigenvalue weighted by atomic mass is 32.2. The molecule has 0 saturated heterocycles. The van der Waals surface area contributed by atoms with Crippen molar-refractivity contribution >= 4 is 34.4 Å². The first-order valence-electron chi connectivity index (χ1n) is 13.1. The van der Waals surface area contributed by atoms with E-state index in [1.807, 2.05) is 54.0 Å². The highest BCUT2D eigenvalue weighted by Gasteiger charge is 2.30. The number of rotatable bonds is 6. The maximum Gasteiger partial charge on any atom is 0.244 e. The number of nitrogen functional groups attached to an aromatic ring is 1. The van der Waals surface area contributed by atoms with E-state index in [0.29, 0.717) is 17.0 Å². The maximum absolute atomic E-state index is 14.1. The fourth-order valence-corrected chi connectivity index (χ4v) is 6.47. The van der Waals surface area contributed by atoms with Gasteiger partial charge in [0, 0.05) is 16.6 Å². The summed E-state index contributed by atoms with van der Waals surface area (Å²) >= 11 is 1.26. The van der Waals surface area contributed by atoms with Gasteiger partial charge in [0.15, 0.2) is 0 Å². The predicted molar refractivity (Wildman–Crippen MR) is 152 cm³/mol. The lowest BCUT2D eigenvalue weighted by Gasteiger charge is -2.20. The zero-order valence-corrected chi connectivity index (χ0v) is 22.4. The van der Waals surface area contributed by atoms with Gasteiger partial charge in [0.25, 0.3) is 0 Å². The number of fused-ring (bicyclic) bond motifs is 3. The standard InChI is InChI=1S/C31H29N5OS/c1-3-19-13-15-20(16-14-19)28-23(17-32)29(34)35-30(24(28)18-33)38-27(4-2)31(37)36-25-11-7-5-9-21(25)22-10-6-8-12-26(22)36/h5,7,9,11,13-16,27H,3-4,6,8,10,12H2,1-2H3,(H2,34,35). The summed E-state index contributed by atoms with van der Waals surface area (Å²) in [6.07, 6.45) is 5.48. The van der Waals surface area contributed by atoms with Gasteiger partial charge in [-0.1, -0.05) is 68.1 Å². The predicted octanol–water partition coefficient (Wildman–Crippen LogP) is 6.68. The molecular formula is C31H29N5OS. The first-order chi connectivity index (χ1) is 18.5. The number of thioether (sulfide) groups is 1. The van der Waals surface area contributed by atoms with Gasteiger partial charge >= 0.3 is 0 Å². The van der Waals surface area contributed by atoms with E-state index in [1.165, 1.54) is 17.3 Å². The van der Waals surface area contributed by atoms with E-state index in [2.05, 4.69) is 30.1 Å². The summed E-state index contributed by atoms with van der Waals surface area (Å²) in [6.45, 7) is 4.04. The quantitative estimate of drug-likeness (QED) is 0.285. The highest BCUT2D eigenvalue weighted by Crippen LogP contribution is 2.39. The first kappa shape index (κ1) is 25.6. The molecule has 1 atom stereocenters. The fourth-order valence-electron chi connectivity index (χ4n) is 5.41. The number of hydrogen-bond acceptors (Lipinski definition) is 6. The van der Waals surface area contributed by atoms with Gasteiger partial charge in [-0.2, -0.15) is 10.5 Å². The molecular weight excluding hydrogens is 490 g/mol. The summed E-state index contributed by atoms with van der Waals surface area (Å²) in [5.74, 6) is 0.0500. The Bertz CT molecular complexity index is 1620. The van der Waals surface area contributed by atoms with Crippen molar-refractivity contribution in [2.45, 2.75) is 62.6 Å². The molecule has 2 aromatic heterocycles. The minimum atomic E-state index is -0.473. The topological polar surface area (TPSA) is 108 Å². The Kier molecular flexibility index (Phi) is 7.22. The zero-order valence-electron chi connectivity index (χ0n) is 21.6. The lowest BCUT2D eigenvalue weighted by Crippen LogP contribution is -2.26. The van der Waals surface area contributed by atoms with Gasteiger partial charge in [-0.25, -0.2) is 4.98 Å². The Morgan fingerprint density at radius 1 is 1.05 bits per heavy atom. The van der Waals surface area contributed by atoms with Crippen LogP contribution in [0, 0.1) is 22.7 Å². The van der Waals surface area contributed by atoms with Crippen LogP contribution in [0.2, 0.25) is 0 Å². The number of nitriles is 2. The van der Waals surface area contributed by atoms with Gasteiger partial charge in [0.2, 0.25) is 5.91 Å². The summed E-state index contributed by atoms with van der Waals surface area (Å²) in [5, 5.41) is 21.2. The SMILES string of the molecule is CCc1ccc(-c2c(C#N)c(N)nc(SC(CC)C(=O)n3c4c(c5ccccc53)CCCC4)c2C#N)cc1. The molecule has 1 aliphatic rings. The van der Waals surface area contributed by atoms with Crippen LogP contribution in [0.25, 0.3) is 22.0 Å². The Balaban J connectivity index is 1.60. The number of hydrogen-bond donors (Lipinski definition) is 1. The van der Waals surface area contributed by atoms with Crippen molar-refractivity contribution in [3.8, 4) is 23.3 Å². The van der Waals surface area contributed by atoms with Crippen LogP contribution < -0.4 is 5.73 Å². The Labute approximate surface area is 227 Å². The van der Waals surface area contributed by atoms with Gasteiger partial charge in [-0.05, 0) is 61.3 Å². The number of aryl methyl sites for hydroxylation is 2. The second-order valence-corrected chi connectivity index (χ2v) is 10.7. The van der Waals surface area contributed by atoms with Gasteiger partial charge < -0.3 is 5.73 Å². The molecule has 5 rings (SSSR count). The van der Waals surface area contributed by atoms with Gasteiger partial charge in [0.1, 0.15) is 28.5 Å². The molecule has 38 heavy (non-hydrogen) atoms. The van der Waals surface area contributed by atoms with Crippen LogP contribution in [0.1, 0.15) is 65.9 Å². The van der Waals surface area contributed by atoms with Crippen LogP contribution in [-0.2, 0) is 19.3 Å². The van der Waals surface area contributed by atoms with E-state index in [1.54, 1.807) is 0 Å². The summed E-state index contributed by atoms with van der Waals surface area (Å²) in [6, 6.07) is 20.3. The average molecular weight is 520 g/mol. The molecule has 7 heteroatoms. The van der Waals surface area contributed by atoms with E-state index in [4.69, 9.17) is 5.73 Å². The zero-order chi connectivity index (χ0) is 26.8. The second kappa shape index (κ2) is 10.7. The number of nitrogens with two attached hydrogens (primary N) is 1. The summed E-state index contributed by atoms with van der Waals surface area (Å²) < 4.78 is 1.90.